The van der Waals surface area contributed by atoms with E-state index in [-0.39, 0.29) is 23.5 Å². The first-order valence-corrected chi connectivity index (χ1v) is 13.2. The Labute approximate surface area is 205 Å². The highest BCUT2D eigenvalue weighted by molar-refractivity contribution is 7.99. The average molecular weight is 498 g/mol. The normalized spacial score (nSPS) is 20.2. The number of aromatic amines is 1. The van der Waals surface area contributed by atoms with Crippen LogP contribution in [0.5, 0.6) is 0 Å². The van der Waals surface area contributed by atoms with Crippen LogP contribution >= 0.6 is 23.3 Å². The Morgan fingerprint density at radius 1 is 1.03 bits per heavy atom. The summed E-state index contributed by atoms with van der Waals surface area (Å²) in [7, 11) is 0. The van der Waals surface area contributed by atoms with Crippen molar-refractivity contribution in [2.24, 2.45) is 5.92 Å². The smallest absolute Gasteiger partial charge is 0.269 e. The lowest BCUT2D eigenvalue weighted by Gasteiger charge is -2.21. The maximum absolute atomic E-state index is 12.5. The van der Waals surface area contributed by atoms with Crippen molar-refractivity contribution in [1.82, 2.24) is 15.0 Å². The number of aromatic nitrogens is 1. The molecule has 178 valence electrons. The topological polar surface area (TPSA) is 122 Å². The molecule has 10 heteroatoms. The fourth-order valence-corrected chi connectivity index (χ4v) is 6.06. The Bertz CT molecular complexity index is 1190. The highest BCUT2D eigenvalue weighted by Gasteiger charge is 2.41. The van der Waals surface area contributed by atoms with E-state index in [1.807, 2.05) is 24.3 Å². The van der Waals surface area contributed by atoms with Crippen LogP contribution in [0.3, 0.4) is 0 Å². The minimum absolute atomic E-state index is 0.0260. The van der Waals surface area contributed by atoms with E-state index in [1.165, 1.54) is 55.8 Å². The first kappa shape index (κ1) is 23.1. The summed E-state index contributed by atoms with van der Waals surface area (Å²) < 4.78 is 2.87. The molecule has 2 aromatic carbocycles. The number of nitrogens with one attached hydrogen (secondary N) is 4. The van der Waals surface area contributed by atoms with Crippen molar-refractivity contribution in [3.8, 4) is 0 Å². The lowest BCUT2D eigenvalue weighted by atomic mass is 9.89. The van der Waals surface area contributed by atoms with Gasteiger partial charge in [-0.05, 0) is 73.2 Å². The van der Waals surface area contributed by atoms with Crippen molar-refractivity contribution in [3.63, 3.8) is 0 Å². The Morgan fingerprint density at radius 3 is 2.38 bits per heavy atom. The van der Waals surface area contributed by atoms with Gasteiger partial charge < -0.3 is 10.6 Å². The van der Waals surface area contributed by atoms with E-state index in [0.29, 0.717) is 0 Å². The van der Waals surface area contributed by atoms with Gasteiger partial charge in [-0.25, -0.2) is 0 Å². The molecule has 1 aliphatic heterocycles. The van der Waals surface area contributed by atoms with Crippen LogP contribution in [0.15, 0.2) is 63.1 Å². The third kappa shape index (κ3) is 5.52. The summed E-state index contributed by atoms with van der Waals surface area (Å²) >= 11 is 2.86. The second-order valence-corrected chi connectivity index (χ2v) is 10.8. The van der Waals surface area contributed by atoms with Crippen molar-refractivity contribution < 1.29 is 4.92 Å². The van der Waals surface area contributed by atoms with E-state index < -0.39 is 4.92 Å². The van der Waals surface area contributed by atoms with Crippen LogP contribution < -0.4 is 21.5 Å². The highest BCUT2D eigenvalue weighted by Crippen LogP contribution is 2.36. The third-order valence-electron chi connectivity index (χ3n) is 6.38. The molecule has 4 N–H and O–H groups in total. The molecule has 1 saturated carbocycles. The third-order valence-corrected chi connectivity index (χ3v) is 8.21. The number of anilines is 2. The van der Waals surface area contributed by atoms with Gasteiger partial charge in [0, 0.05) is 27.6 Å². The molecule has 34 heavy (non-hydrogen) atoms. The quantitative estimate of drug-likeness (QED) is 0.178. The minimum atomic E-state index is -0.398. The predicted octanol–water partition coefficient (Wildman–Crippen LogP) is 5.38. The molecule has 1 saturated heterocycles. The van der Waals surface area contributed by atoms with E-state index in [0.717, 1.165) is 38.5 Å². The molecule has 3 aromatic rings. The first-order valence-electron chi connectivity index (χ1n) is 11.6. The molecular weight excluding hydrogens is 470 g/mol. The van der Waals surface area contributed by atoms with Gasteiger partial charge in [0.15, 0.2) is 0 Å². The largest absolute Gasteiger partial charge is 0.346 e. The van der Waals surface area contributed by atoms with E-state index >= 15 is 0 Å². The number of hydrogen-bond donors (Lipinski definition) is 4. The van der Waals surface area contributed by atoms with Gasteiger partial charge in [-0.3, -0.25) is 24.6 Å². The van der Waals surface area contributed by atoms with Gasteiger partial charge in [0.1, 0.15) is 5.00 Å². The predicted molar refractivity (Wildman–Crippen MR) is 136 cm³/mol. The number of non-ortho nitro benzene ring substituents is 1. The number of nitrogens with zero attached hydrogens (tertiary/aromatic N) is 1. The van der Waals surface area contributed by atoms with Gasteiger partial charge in [-0.15, -0.1) is 0 Å². The summed E-state index contributed by atoms with van der Waals surface area (Å²) in [4.78, 5) is 24.9. The molecule has 8 nitrogen and oxygen atoms in total. The summed E-state index contributed by atoms with van der Waals surface area (Å²) in [6.07, 6.45) is 6.77. The van der Waals surface area contributed by atoms with Crippen molar-refractivity contribution in [2.75, 3.05) is 11.9 Å². The zero-order valence-electron chi connectivity index (χ0n) is 18.6. The zero-order valence-corrected chi connectivity index (χ0v) is 20.2. The molecule has 0 bridgehead atoms. The molecule has 2 unspecified atom stereocenters. The van der Waals surface area contributed by atoms with Gasteiger partial charge >= 0.3 is 0 Å². The monoisotopic (exact) mass is 497 g/mol. The summed E-state index contributed by atoms with van der Waals surface area (Å²) in [5.74, 6) is 0.748. The molecule has 2 aliphatic rings. The van der Waals surface area contributed by atoms with Crippen LogP contribution in [-0.2, 0) is 0 Å². The SMILES string of the molecule is O=c1[nH]sc(Nc2ccc(Sc3ccc([N+](=O)[O-])cc3)cc2)c1C1NC1NCC1CCCCC1. The summed E-state index contributed by atoms with van der Waals surface area (Å²) in [5.41, 5.74) is 1.70. The Kier molecular flexibility index (Phi) is 7.00. The molecule has 5 rings (SSSR count). The fourth-order valence-electron chi connectivity index (χ4n) is 4.44. The number of H-pyrrole nitrogens is 1. The van der Waals surface area contributed by atoms with Crippen LogP contribution in [0.2, 0.25) is 0 Å². The van der Waals surface area contributed by atoms with Gasteiger partial charge in [0.25, 0.3) is 11.2 Å². The zero-order chi connectivity index (χ0) is 23.5. The van der Waals surface area contributed by atoms with Crippen LogP contribution in [0, 0.1) is 16.0 Å². The molecule has 1 aliphatic carbocycles. The molecule has 0 spiro atoms. The number of nitro groups is 1. The maximum Gasteiger partial charge on any atom is 0.269 e. The second kappa shape index (κ2) is 10.3. The first-order chi connectivity index (χ1) is 16.6. The van der Waals surface area contributed by atoms with Crippen LogP contribution in [-0.4, -0.2) is 22.0 Å². The van der Waals surface area contributed by atoms with Gasteiger partial charge in [-0.1, -0.05) is 31.0 Å². The Hall–Kier alpha value is -2.66. The van der Waals surface area contributed by atoms with E-state index in [1.54, 1.807) is 23.9 Å². The summed E-state index contributed by atoms with van der Waals surface area (Å²) in [5, 5.41) is 22.0. The van der Waals surface area contributed by atoms with Crippen LogP contribution in [0.25, 0.3) is 0 Å². The minimum Gasteiger partial charge on any atom is -0.346 e. The standard InChI is InChI=1S/C24H27N5O3S2/c30-23-20(21-22(27-21)25-14-15-4-2-1-3-5-15)24(34-28-23)26-16-6-10-18(11-7-16)33-19-12-8-17(9-13-19)29(31)32/h6-13,15,21-22,25-27H,1-5,14H2,(H,28,30). The van der Waals surface area contributed by atoms with Gasteiger partial charge in [0.05, 0.1) is 22.7 Å². The number of nitro benzene ring substituents is 1. The van der Waals surface area contributed by atoms with Gasteiger partial charge in [-0.2, -0.15) is 0 Å². The molecule has 1 aromatic heterocycles. The highest BCUT2D eigenvalue weighted by atomic mass is 32.2. The van der Waals surface area contributed by atoms with Crippen LogP contribution in [0.1, 0.15) is 43.7 Å². The van der Waals surface area contributed by atoms with E-state index in [2.05, 4.69) is 20.3 Å². The van der Waals surface area contributed by atoms with Crippen molar-refractivity contribution in [1.29, 1.82) is 0 Å². The van der Waals surface area contributed by atoms with Crippen LogP contribution in [0.4, 0.5) is 16.4 Å². The lowest BCUT2D eigenvalue weighted by Crippen LogP contribution is -2.28. The molecule has 2 fully saturated rings. The molecule has 2 atom stereocenters. The molecular formula is C24H27N5O3S2. The van der Waals surface area contributed by atoms with Gasteiger partial charge in [0.2, 0.25) is 0 Å². The van der Waals surface area contributed by atoms with E-state index in [4.69, 9.17) is 0 Å². The Morgan fingerprint density at radius 2 is 1.71 bits per heavy atom. The number of benzene rings is 2. The summed E-state index contributed by atoms with van der Waals surface area (Å²) in [6, 6.07) is 14.5. The number of hydrogen-bond acceptors (Lipinski definition) is 8. The van der Waals surface area contributed by atoms with E-state index in [9.17, 15) is 14.9 Å². The lowest BCUT2D eigenvalue weighted by molar-refractivity contribution is -0.384. The van der Waals surface area contributed by atoms with Crippen molar-refractivity contribution in [3.05, 3.63) is 74.6 Å². The Balaban J connectivity index is 1.18. The molecule has 0 amide bonds. The van der Waals surface area contributed by atoms with Crippen molar-refractivity contribution in [2.45, 2.75) is 54.1 Å². The fraction of sp³-hybridized carbons (Fsp3) is 0.375. The number of rotatable bonds is 9. The van der Waals surface area contributed by atoms with Crippen molar-refractivity contribution >= 4 is 39.7 Å². The maximum atomic E-state index is 12.5. The molecule has 2 heterocycles. The second-order valence-electron chi connectivity index (χ2n) is 8.81. The summed E-state index contributed by atoms with van der Waals surface area (Å²) in [6.45, 7) is 1.01. The molecule has 0 radical (unpaired) electrons. The average Bonchev–Trinajstić information content (AvgIpc) is 3.53.